The third-order valence-electron chi connectivity index (χ3n) is 2.58. The van der Waals surface area contributed by atoms with Gasteiger partial charge in [0, 0.05) is 6.92 Å². The minimum atomic E-state index is -0.162. The number of carbonyl (C=O) groups is 1. The molecule has 0 spiro atoms. The van der Waals surface area contributed by atoms with Gasteiger partial charge in [-0.2, -0.15) is 0 Å². The summed E-state index contributed by atoms with van der Waals surface area (Å²) < 4.78 is 5.06. The van der Waals surface area contributed by atoms with E-state index in [4.69, 9.17) is 4.74 Å². The fraction of sp³-hybridized carbons (Fsp3) is 0.923. The summed E-state index contributed by atoms with van der Waals surface area (Å²) in [7, 11) is 0. The van der Waals surface area contributed by atoms with Crippen LogP contribution < -0.4 is 0 Å². The number of rotatable bonds is 9. The zero-order chi connectivity index (χ0) is 11.5. The summed E-state index contributed by atoms with van der Waals surface area (Å²) in [6.07, 6.45) is 10.3. The number of carbonyl (C=O) groups excluding carboxylic acids is 1. The van der Waals surface area contributed by atoms with E-state index in [2.05, 4.69) is 6.92 Å². The SMILES string of the molecule is CCCCCCCCC[C@H](C)OC(C)=O. The molecular formula is C13H26O2. The van der Waals surface area contributed by atoms with Crippen molar-refractivity contribution in [3.05, 3.63) is 0 Å². The van der Waals surface area contributed by atoms with Crippen LogP contribution in [0, 0.1) is 0 Å². The van der Waals surface area contributed by atoms with Gasteiger partial charge in [0.05, 0.1) is 6.10 Å². The predicted molar refractivity (Wildman–Crippen MR) is 63.8 cm³/mol. The molecule has 0 amide bonds. The Labute approximate surface area is 94.4 Å². The average Bonchev–Trinajstić information content (AvgIpc) is 2.15. The second-order valence-corrected chi connectivity index (χ2v) is 4.33. The smallest absolute Gasteiger partial charge is 0.302 e. The first kappa shape index (κ1) is 14.5. The maximum absolute atomic E-state index is 10.6. The van der Waals surface area contributed by atoms with E-state index in [-0.39, 0.29) is 12.1 Å². The quantitative estimate of drug-likeness (QED) is 0.427. The lowest BCUT2D eigenvalue weighted by atomic mass is 10.1. The summed E-state index contributed by atoms with van der Waals surface area (Å²) in [5, 5.41) is 0. The Morgan fingerprint density at radius 3 is 2.13 bits per heavy atom. The van der Waals surface area contributed by atoms with E-state index < -0.39 is 0 Å². The molecule has 0 fully saturated rings. The van der Waals surface area contributed by atoms with Crippen LogP contribution in [0.1, 0.15) is 72.1 Å². The molecule has 2 nitrogen and oxygen atoms in total. The molecule has 0 rings (SSSR count). The maximum Gasteiger partial charge on any atom is 0.302 e. The maximum atomic E-state index is 10.6. The van der Waals surface area contributed by atoms with E-state index in [1.54, 1.807) is 0 Å². The highest BCUT2D eigenvalue weighted by molar-refractivity contribution is 5.66. The first-order chi connectivity index (χ1) is 7.16. The van der Waals surface area contributed by atoms with Gasteiger partial charge in [-0.25, -0.2) is 0 Å². The summed E-state index contributed by atoms with van der Waals surface area (Å²) in [5.74, 6) is -0.162. The van der Waals surface area contributed by atoms with Gasteiger partial charge >= 0.3 is 5.97 Å². The third-order valence-corrected chi connectivity index (χ3v) is 2.58. The van der Waals surface area contributed by atoms with E-state index in [0.717, 1.165) is 6.42 Å². The molecule has 15 heavy (non-hydrogen) atoms. The van der Waals surface area contributed by atoms with Gasteiger partial charge in [-0.05, 0) is 19.8 Å². The van der Waals surface area contributed by atoms with Crippen LogP contribution in [-0.4, -0.2) is 12.1 Å². The zero-order valence-electron chi connectivity index (χ0n) is 10.6. The lowest BCUT2D eigenvalue weighted by Gasteiger charge is -2.10. The number of ether oxygens (including phenoxy) is 1. The van der Waals surface area contributed by atoms with Gasteiger partial charge in [0.1, 0.15) is 0 Å². The van der Waals surface area contributed by atoms with Crippen molar-refractivity contribution in [2.24, 2.45) is 0 Å². The highest BCUT2D eigenvalue weighted by Gasteiger charge is 2.04. The van der Waals surface area contributed by atoms with Crippen LogP contribution in [-0.2, 0) is 9.53 Å². The Morgan fingerprint density at radius 2 is 1.60 bits per heavy atom. The van der Waals surface area contributed by atoms with Crippen LogP contribution >= 0.6 is 0 Å². The molecule has 0 aromatic heterocycles. The molecule has 90 valence electrons. The summed E-state index contributed by atoms with van der Waals surface area (Å²) in [4.78, 5) is 10.6. The van der Waals surface area contributed by atoms with Crippen molar-refractivity contribution in [1.82, 2.24) is 0 Å². The van der Waals surface area contributed by atoms with Crippen molar-refractivity contribution in [3.63, 3.8) is 0 Å². The molecule has 0 aliphatic carbocycles. The minimum absolute atomic E-state index is 0.0955. The van der Waals surface area contributed by atoms with Crippen molar-refractivity contribution in [2.45, 2.75) is 78.2 Å². The van der Waals surface area contributed by atoms with Gasteiger partial charge in [0.2, 0.25) is 0 Å². The number of esters is 1. The lowest BCUT2D eigenvalue weighted by Crippen LogP contribution is -2.11. The number of unbranched alkanes of at least 4 members (excludes halogenated alkanes) is 6. The van der Waals surface area contributed by atoms with Crippen molar-refractivity contribution in [2.75, 3.05) is 0 Å². The van der Waals surface area contributed by atoms with E-state index in [1.807, 2.05) is 6.92 Å². The molecule has 0 aromatic rings. The Hall–Kier alpha value is -0.530. The van der Waals surface area contributed by atoms with Gasteiger partial charge in [-0.15, -0.1) is 0 Å². The van der Waals surface area contributed by atoms with Crippen molar-refractivity contribution >= 4 is 5.97 Å². The zero-order valence-corrected chi connectivity index (χ0v) is 10.6. The Balaban J connectivity index is 3.13. The molecule has 0 radical (unpaired) electrons. The molecule has 0 saturated carbocycles. The van der Waals surface area contributed by atoms with Crippen LogP contribution in [0.15, 0.2) is 0 Å². The van der Waals surface area contributed by atoms with Crippen LogP contribution in [0.2, 0.25) is 0 Å². The van der Waals surface area contributed by atoms with Crippen LogP contribution in [0.25, 0.3) is 0 Å². The van der Waals surface area contributed by atoms with Gasteiger partial charge in [-0.3, -0.25) is 4.79 Å². The van der Waals surface area contributed by atoms with Crippen LogP contribution in [0.3, 0.4) is 0 Å². The van der Waals surface area contributed by atoms with E-state index >= 15 is 0 Å². The largest absolute Gasteiger partial charge is 0.463 e. The standard InChI is InChI=1S/C13H26O2/c1-4-5-6-7-8-9-10-11-12(2)15-13(3)14/h12H,4-11H2,1-3H3/t12-/m0/s1. The topological polar surface area (TPSA) is 26.3 Å². The monoisotopic (exact) mass is 214 g/mol. The van der Waals surface area contributed by atoms with Gasteiger partial charge in [-0.1, -0.05) is 45.4 Å². The molecular weight excluding hydrogens is 188 g/mol. The normalized spacial score (nSPS) is 12.5. The van der Waals surface area contributed by atoms with E-state index in [1.165, 1.54) is 51.9 Å². The Bertz CT molecular complexity index is 155. The highest BCUT2D eigenvalue weighted by Crippen LogP contribution is 2.10. The van der Waals surface area contributed by atoms with Gasteiger partial charge < -0.3 is 4.74 Å². The van der Waals surface area contributed by atoms with Crippen LogP contribution in [0.5, 0.6) is 0 Å². The van der Waals surface area contributed by atoms with E-state index in [0.29, 0.717) is 0 Å². The highest BCUT2D eigenvalue weighted by atomic mass is 16.5. The summed E-state index contributed by atoms with van der Waals surface area (Å²) in [6, 6.07) is 0. The molecule has 0 unspecified atom stereocenters. The van der Waals surface area contributed by atoms with Gasteiger partial charge in [0.25, 0.3) is 0 Å². The molecule has 0 aliphatic rings. The number of hydrogen-bond acceptors (Lipinski definition) is 2. The summed E-state index contributed by atoms with van der Waals surface area (Å²) >= 11 is 0. The fourth-order valence-corrected chi connectivity index (χ4v) is 1.73. The molecule has 0 aliphatic heterocycles. The fourth-order valence-electron chi connectivity index (χ4n) is 1.73. The summed E-state index contributed by atoms with van der Waals surface area (Å²) in [5.41, 5.74) is 0. The molecule has 0 N–H and O–H groups in total. The molecule has 0 heterocycles. The molecule has 0 saturated heterocycles. The van der Waals surface area contributed by atoms with Crippen molar-refractivity contribution in [3.8, 4) is 0 Å². The second-order valence-electron chi connectivity index (χ2n) is 4.33. The Morgan fingerprint density at radius 1 is 1.07 bits per heavy atom. The minimum Gasteiger partial charge on any atom is -0.463 e. The second kappa shape index (κ2) is 10.0. The van der Waals surface area contributed by atoms with Gasteiger partial charge in [0.15, 0.2) is 0 Å². The number of hydrogen-bond donors (Lipinski definition) is 0. The molecule has 2 heteroatoms. The first-order valence-electron chi connectivity index (χ1n) is 6.34. The van der Waals surface area contributed by atoms with E-state index in [9.17, 15) is 4.79 Å². The average molecular weight is 214 g/mol. The third kappa shape index (κ3) is 11.4. The Kier molecular flexibility index (Phi) is 9.65. The summed E-state index contributed by atoms with van der Waals surface area (Å²) in [6.45, 7) is 5.68. The van der Waals surface area contributed by atoms with Crippen molar-refractivity contribution in [1.29, 1.82) is 0 Å². The lowest BCUT2D eigenvalue weighted by molar-refractivity contribution is -0.145. The molecule has 1 atom stereocenters. The van der Waals surface area contributed by atoms with Crippen LogP contribution in [0.4, 0.5) is 0 Å². The molecule has 0 aromatic carbocycles. The first-order valence-corrected chi connectivity index (χ1v) is 6.34. The molecule has 0 bridgehead atoms. The predicted octanol–water partition coefficient (Wildman–Crippen LogP) is 4.08. The van der Waals surface area contributed by atoms with Crippen molar-refractivity contribution < 1.29 is 9.53 Å².